The third-order valence-electron chi connectivity index (χ3n) is 4.69. The lowest BCUT2D eigenvalue weighted by atomic mass is 10.1. The number of hydrogen-bond donors (Lipinski definition) is 2. The first-order valence-electron chi connectivity index (χ1n) is 9.81. The van der Waals surface area contributed by atoms with Crippen molar-refractivity contribution in [2.75, 3.05) is 25.0 Å². The van der Waals surface area contributed by atoms with Gasteiger partial charge >= 0.3 is 0 Å². The van der Waals surface area contributed by atoms with Gasteiger partial charge < -0.3 is 15.0 Å². The van der Waals surface area contributed by atoms with Gasteiger partial charge in [0, 0.05) is 29.9 Å². The number of nitrogens with one attached hydrogen (secondary N) is 2. The molecule has 2 aromatic carbocycles. The van der Waals surface area contributed by atoms with Crippen LogP contribution in [0, 0.1) is 0 Å². The van der Waals surface area contributed by atoms with E-state index < -0.39 is 0 Å². The second-order valence-electron chi connectivity index (χ2n) is 6.80. The number of amides is 2. The molecule has 0 saturated carbocycles. The molecular formula is C22H25N3O3S. The van der Waals surface area contributed by atoms with Crippen LogP contribution in [0.15, 0.2) is 48.5 Å². The molecule has 1 aliphatic rings. The van der Waals surface area contributed by atoms with E-state index in [0.717, 1.165) is 25.9 Å². The zero-order chi connectivity index (χ0) is 20.6. The Morgan fingerprint density at radius 3 is 2.21 bits per heavy atom. The minimum Gasteiger partial charge on any atom is -0.494 e. The molecule has 3 rings (SSSR count). The third kappa shape index (κ3) is 5.77. The summed E-state index contributed by atoms with van der Waals surface area (Å²) in [6.07, 6.45) is 3.31. The molecule has 0 unspecified atom stereocenters. The summed E-state index contributed by atoms with van der Waals surface area (Å²) in [5.74, 6) is 0.467. The van der Waals surface area contributed by atoms with Crippen LogP contribution in [0.1, 0.15) is 46.9 Å². The van der Waals surface area contributed by atoms with Crippen molar-refractivity contribution in [2.45, 2.75) is 26.2 Å². The van der Waals surface area contributed by atoms with E-state index in [2.05, 4.69) is 10.6 Å². The van der Waals surface area contributed by atoms with E-state index in [4.69, 9.17) is 17.0 Å². The van der Waals surface area contributed by atoms with Gasteiger partial charge in [-0.25, -0.2) is 0 Å². The van der Waals surface area contributed by atoms with Gasteiger partial charge in [0.1, 0.15) is 5.75 Å². The molecule has 0 radical (unpaired) electrons. The highest BCUT2D eigenvalue weighted by Crippen LogP contribution is 2.16. The number of likely N-dealkylation sites (tertiary alicyclic amines) is 1. The first-order valence-corrected chi connectivity index (χ1v) is 10.2. The lowest BCUT2D eigenvalue weighted by Gasteiger charge is -2.26. The molecule has 29 heavy (non-hydrogen) atoms. The quantitative estimate of drug-likeness (QED) is 0.732. The van der Waals surface area contributed by atoms with Crippen molar-refractivity contribution in [3.05, 3.63) is 59.7 Å². The van der Waals surface area contributed by atoms with Gasteiger partial charge in [-0.2, -0.15) is 0 Å². The maximum Gasteiger partial charge on any atom is 0.257 e. The SMILES string of the molecule is CCOc1ccc(C(=O)NC(=S)Nc2ccc(C(=O)N3CCCCC3)cc2)cc1. The van der Waals surface area contributed by atoms with Crippen LogP contribution in [0.25, 0.3) is 0 Å². The third-order valence-corrected chi connectivity index (χ3v) is 4.89. The zero-order valence-corrected chi connectivity index (χ0v) is 17.3. The Balaban J connectivity index is 1.53. The van der Waals surface area contributed by atoms with Gasteiger partial charge in [0.05, 0.1) is 6.61 Å². The lowest BCUT2D eigenvalue weighted by molar-refractivity contribution is 0.0724. The van der Waals surface area contributed by atoms with E-state index in [-0.39, 0.29) is 16.9 Å². The molecule has 1 saturated heterocycles. The van der Waals surface area contributed by atoms with Crippen molar-refractivity contribution in [2.24, 2.45) is 0 Å². The first kappa shape index (κ1) is 20.8. The molecular weight excluding hydrogens is 386 g/mol. The maximum atomic E-state index is 12.5. The number of carbonyl (C=O) groups excluding carboxylic acids is 2. The highest BCUT2D eigenvalue weighted by Gasteiger charge is 2.18. The topological polar surface area (TPSA) is 70.7 Å². The molecule has 0 bridgehead atoms. The molecule has 6 nitrogen and oxygen atoms in total. The van der Waals surface area contributed by atoms with Crippen LogP contribution in [0.5, 0.6) is 5.75 Å². The molecule has 0 atom stereocenters. The average Bonchev–Trinajstić information content (AvgIpc) is 2.75. The number of carbonyl (C=O) groups is 2. The molecule has 2 amide bonds. The van der Waals surface area contributed by atoms with Gasteiger partial charge in [0.2, 0.25) is 0 Å². The maximum absolute atomic E-state index is 12.5. The molecule has 1 aliphatic heterocycles. The number of ether oxygens (including phenoxy) is 1. The van der Waals surface area contributed by atoms with E-state index in [9.17, 15) is 9.59 Å². The number of rotatable bonds is 5. The van der Waals surface area contributed by atoms with E-state index in [1.807, 2.05) is 11.8 Å². The van der Waals surface area contributed by atoms with Gasteiger partial charge in [0.25, 0.3) is 11.8 Å². The molecule has 2 N–H and O–H groups in total. The summed E-state index contributed by atoms with van der Waals surface area (Å²) < 4.78 is 5.37. The largest absolute Gasteiger partial charge is 0.494 e. The zero-order valence-electron chi connectivity index (χ0n) is 16.4. The summed E-state index contributed by atoms with van der Waals surface area (Å²) in [5.41, 5.74) is 1.85. The van der Waals surface area contributed by atoms with E-state index in [1.165, 1.54) is 6.42 Å². The molecule has 2 aromatic rings. The first-order chi connectivity index (χ1) is 14.1. The number of hydrogen-bond acceptors (Lipinski definition) is 4. The number of benzene rings is 2. The van der Waals surface area contributed by atoms with Gasteiger partial charge in [-0.15, -0.1) is 0 Å². The van der Waals surface area contributed by atoms with Gasteiger partial charge in [-0.3, -0.25) is 14.9 Å². The van der Waals surface area contributed by atoms with Gasteiger partial charge in [-0.1, -0.05) is 0 Å². The number of anilines is 1. The lowest BCUT2D eigenvalue weighted by Crippen LogP contribution is -2.35. The molecule has 1 fully saturated rings. The van der Waals surface area contributed by atoms with Crippen molar-refractivity contribution in [1.82, 2.24) is 10.2 Å². The number of piperidine rings is 1. The minimum absolute atomic E-state index is 0.0580. The van der Waals surface area contributed by atoms with Crippen LogP contribution >= 0.6 is 12.2 Å². The monoisotopic (exact) mass is 411 g/mol. The molecule has 152 valence electrons. The summed E-state index contributed by atoms with van der Waals surface area (Å²) in [6.45, 7) is 4.11. The van der Waals surface area contributed by atoms with Crippen LogP contribution in [0.2, 0.25) is 0 Å². The van der Waals surface area contributed by atoms with Crippen molar-refractivity contribution in [3.63, 3.8) is 0 Å². The normalized spacial score (nSPS) is 13.5. The summed E-state index contributed by atoms with van der Waals surface area (Å²) in [5, 5.41) is 5.81. The second-order valence-corrected chi connectivity index (χ2v) is 7.20. The molecule has 0 aliphatic carbocycles. The van der Waals surface area contributed by atoms with Crippen LogP contribution in [-0.4, -0.2) is 41.5 Å². The van der Waals surface area contributed by atoms with Crippen LogP contribution in [0.4, 0.5) is 5.69 Å². The number of nitrogens with zero attached hydrogens (tertiary/aromatic N) is 1. The van der Waals surface area contributed by atoms with Crippen LogP contribution in [0.3, 0.4) is 0 Å². The fraction of sp³-hybridized carbons (Fsp3) is 0.318. The number of thiocarbonyl (C=S) groups is 1. The standard InChI is InChI=1S/C22H25N3O3S/c1-2-28-19-12-8-16(9-13-19)20(26)24-22(29)23-18-10-6-17(7-11-18)21(27)25-14-4-3-5-15-25/h6-13H,2-5,14-15H2,1H3,(H2,23,24,26,29). The Hall–Kier alpha value is -2.93. The van der Waals surface area contributed by atoms with Gasteiger partial charge in [0.15, 0.2) is 5.11 Å². The molecule has 0 aromatic heterocycles. The predicted octanol–water partition coefficient (Wildman–Crippen LogP) is 3.84. The molecule has 0 spiro atoms. The van der Waals surface area contributed by atoms with E-state index >= 15 is 0 Å². The Morgan fingerprint density at radius 2 is 1.59 bits per heavy atom. The minimum atomic E-state index is -0.303. The Bertz CT molecular complexity index is 860. The van der Waals surface area contributed by atoms with Crippen LogP contribution < -0.4 is 15.4 Å². The van der Waals surface area contributed by atoms with Crippen molar-refractivity contribution in [3.8, 4) is 5.75 Å². The van der Waals surface area contributed by atoms with E-state index in [0.29, 0.717) is 29.2 Å². The smallest absolute Gasteiger partial charge is 0.257 e. The average molecular weight is 412 g/mol. The van der Waals surface area contributed by atoms with Crippen molar-refractivity contribution in [1.29, 1.82) is 0 Å². The fourth-order valence-electron chi connectivity index (χ4n) is 3.18. The molecule has 7 heteroatoms. The fourth-order valence-corrected chi connectivity index (χ4v) is 3.39. The summed E-state index contributed by atoms with van der Waals surface area (Å²) in [4.78, 5) is 26.7. The van der Waals surface area contributed by atoms with Gasteiger partial charge in [-0.05, 0) is 86.9 Å². The summed E-state index contributed by atoms with van der Waals surface area (Å²) in [7, 11) is 0. The Morgan fingerprint density at radius 1 is 0.966 bits per heavy atom. The predicted molar refractivity (Wildman–Crippen MR) is 117 cm³/mol. The summed E-state index contributed by atoms with van der Waals surface area (Å²) >= 11 is 5.22. The second kappa shape index (κ2) is 10.0. The van der Waals surface area contributed by atoms with Crippen molar-refractivity contribution >= 4 is 34.8 Å². The molecule has 1 heterocycles. The Kier molecular flexibility index (Phi) is 7.19. The summed E-state index contributed by atoms with van der Waals surface area (Å²) in [6, 6.07) is 14.0. The van der Waals surface area contributed by atoms with E-state index in [1.54, 1.807) is 48.5 Å². The highest BCUT2D eigenvalue weighted by molar-refractivity contribution is 7.80. The van der Waals surface area contributed by atoms with Crippen LogP contribution in [-0.2, 0) is 0 Å². The van der Waals surface area contributed by atoms with Crippen molar-refractivity contribution < 1.29 is 14.3 Å². The highest BCUT2D eigenvalue weighted by atomic mass is 32.1. The Labute approximate surface area is 176 Å².